The Labute approximate surface area is 141 Å². The van der Waals surface area contributed by atoms with E-state index in [1.165, 1.54) is 12.1 Å². The van der Waals surface area contributed by atoms with Crippen molar-refractivity contribution in [2.24, 2.45) is 0 Å². The molecule has 0 bridgehead atoms. The first kappa shape index (κ1) is 16.5. The van der Waals surface area contributed by atoms with Crippen LogP contribution in [0.5, 0.6) is 0 Å². The van der Waals surface area contributed by atoms with Gasteiger partial charge in [-0.2, -0.15) is 0 Å². The Hall–Kier alpha value is -0.910. The van der Waals surface area contributed by atoms with Crippen LogP contribution in [-0.2, 0) is 11.3 Å². The van der Waals surface area contributed by atoms with Crippen LogP contribution >= 0.6 is 31.9 Å². The van der Waals surface area contributed by atoms with Crippen molar-refractivity contribution in [3.05, 3.63) is 62.3 Å². The van der Waals surface area contributed by atoms with E-state index in [0.29, 0.717) is 6.61 Å². The summed E-state index contributed by atoms with van der Waals surface area (Å²) in [6, 6.07) is 10.7. The third kappa shape index (κ3) is 4.05. The normalized spacial score (nSPS) is 12.2. The molecule has 1 atom stereocenters. The van der Waals surface area contributed by atoms with Gasteiger partial charge in [0, 0.05) is 33.3 Å². The third-order valence-electron chi connectivity index (χ3n) is 3.21. The highest BCUT2D eigenvalue weighted by atomic mass is 79.9. The van der Waals surface area contributed by atoms with E-state index in [4.69, 9.17) is 4.74 Å². The Morgan fingerprint density at radius 2 is 1.95 bits per heavy atom. The second kappa shape index (κ2) is 7.38. The predicted molar refractivity (Wildman–Crippen MR) is 91.0 cm³/mol. The molecule has 0 amide bonds. The van der Waals surface area contributed by atoms with E-state index < -0.39 is 0 Å². The summed E-state index contributed by atoms with van der Waals surface area (Å²) >= 11 is 6.95. The molecule has 0 aliphatic carbocycles. The minimum absolute atomic E-state index is 0.0323. The molecule has 1 unspecified atom stereocenters. The van der Waals surface area contributed by atoms with E-state index in [9.17, 15) is 4.39 Å². The number of hydrogen-bond acceptors (Lipinski definition) is 2. The molecule has 112 valence electrons. The Bertz CT molecular complexity index is 634. The molecule has 2 aromatic rings. The second-order valence-corrected chi connectivity index (χ2v) is 6.44. The molecule has 0 saturated heterocycles. The Kier molecular flexibility index (Phi) is 5.79. The smallest absolute Gasteiger partial charge is 0.124 e. The summed E-state index contributed by atoms with van der Waals surface area (Å²) in [5, 5.41) is 3.45. The van der Waals surface area contributed by atoms with Crippen LogP contribution in [0, 0.1) is 5.82 Å². The lowest BCUT2D eigenvalue weighted by Gasteiger charge is -2.20. The lowest BCUT2D eigenvalue weighted by Crippen LogP contribution is -2.10. The SMILES string of the molecule is COCc1c(Br)cccc1NC(C)c1ccc(F)cc1Br. The maximum absolute atomic E-state index is 13.2. The average molecular weight is 417 g/mol. The average Bonchev–Trinajstić information content (AvgIpc) is 2.42. The summed E-state index contributed by atoms with van der Waals surface area (Å²) in [4.78, 5) is 0. The molecule has 0 heterocycles. The molecule has 2 aromatic carbocycles. The first-order valence-corrected chi connectivity index (χ1v) is 8.09. The topological polar surface area (TPSA) is 21.3 Å². The molecular weight excluding hydrogens is 401 g/mol. The molecular formula is C16H16Br2FNO. The van der Waals surface area contributed by atoms with Crippen molar-refractivity contribution in [3.8, 4) is 0 Å². The molecule has 2 nitrogen and oxygen atoms in total. The van der Waals surface area contributed by atoms with Crippen LogP contribution in [0.25, 0.3) is 0 Å². The summed E-state index contributed by atoms with van der Waals surface area (Å²) in [5.74, 6) is -0.250. The van der Waals surface area contributed by atoms with Gasteiger partial charge in [-0.3, -0.25) is 0 Å². The molecule has 21 heavy (non-hydrogen) atoms. The Morgan fingerprint density at radius 1 is 1.19 bits per heavy atom. The summed E-state index contributed by atoms with van der Waals surface area (Å²) in [7, 11) is 1.67. The summed E-state index contributed by atoms with van der Waals surface area (Å²) in [6.45, 7) is 2.55. The standard InChI is InChI=1S/C16H16Br2FNO/c1-10(12-7-6-11(19)8-15(12)18)20-16-5-3-4-14(17)13(16)9-21-2/h3-8,10,20H,9H2,1-2H3. The number of nitrogens with one attached hydrogen (secondary N) is 1. The Morgan fingerprint density at radius 3 is 2.62 bits per heavy atom. The van der Waals surface area contributed by atoms with Crippen LogP contribution in [-0.4, -0.2) is 7.11 Å². The maximum atomic E-state index is 13.2. The van der Waals surface area contributed by atoms with Gasteiger partial charge in [0.25, 0.3) is 0 Å². The van der Waals surface area contributed by atoms with Crippen LogP contribution in [0.1, 0.15) is 24.1 Å². The maximum Gasteiger partial charge on any atom is 0.124 e. The minimum Gasteiger partial charge on any atom is -0.380 e. The van der Waals surface area contributed by atoms with E-state index >= 15 is 0 Å². The third-order valence-corrected chi connectivity index (χ3v) is 4.64. The Balaban J connectivity index is 2.27. The van der Waals surface area contributed by atoms with Crippen molar-refractivity contribution in [1.82, 2.24) is 0 Å². The monoisotopic (exact) mass is 415 g/mol. The number of benzene rings is 2. The number of halogens is 3. The number of ether oxygens (including phenoxy) is 1. The lowest BCUT2D eigenvalue weighted by molar-refractivity contribution is 0.185. The van der Waals surface area contributed by atoms with Gasteiger partial charge in [-0.25, -0.2) is 4.39 Å². The quantitative estimate of drug-likeness (QED) is 0.677. The van der Waals surface area contributed by atoms with Crippen molar-refractivity contribution >= 4 is 37.5 Å². The predicted octanol–water partition coefficient (Wildman–Crippen LogP) is 5.67. The van der Waals surface area contributed by atoms with E-state index in [2.05, 4.69) is 37.2 Å². The molecule has 0 saturated carbocycles. The molecule has 1 N–H and O–H groups in total. The van der Waals surface area contributed by atoms with Crippen molar-refractivity contribution < 1.29 is 9.13 Å². The fourth-order valence-corrected chi connectivity index (χ4v) is 3.32. The van der Waals surface area contributed by atoms with Crippen LogP contribution in [0.3, 0.4) is 0 Å². The summed E-state index contributed by atoms with van der Waals surface area (Å²) in [5.41, 5.74) is 3.06. The first-order chi connectivity index (χ1) is 10.0. The number of hydrogen-bond donors (Lipinski definition) is 1. The minimum atomic E-state index is -0.250. The van der Waals surface area contributed by atoms with Gasteiger partial charge in [0.2, 0.25) is 0 Å². The highest BCUT2D eigenvalue weighted by Gasteiger charge is 2.13. The van der Waals surface area contributed by atoms with Gasteiger partial charge in [-0.1, -0.05) is 44.0 Å². The van der Waals surface area contributed by atoms with E-state index in [0.717, 1.165) is 25.8 Å². The van der Waals surface area contributed by atoms with Gasteiger partial charge < -0.3 is 10.1 Å². The molecule has 5 heteroatoms. The molecule has 0 aliphatic rings. The van der Waals surface area contributed by atoms with Crippen molar-refractivity contribution in [3.63, 3.8) is 0 Å². The highest BCUT2D eigenvalue weighted by molar-refractivity contribution is 9.10. The highest BCUT2D eigenvalue weighted by Crippen LogP contribution is 2.31. The van der Waals surface area contributed by atoms with Crippen molar-refractivity contribution in [1.29, 1.82) is 0 Å². The number of rotatable bonds is 5. The van der Waals surface area contributed by atoms with E-state index in [-0.39, 0.29) is 11.9 Å². The van der Waals surface area contributed by atoms with Gasteiger partial charge >= 0.3 is 0 Å². The van der Waals surface area contributed by atoms with Crippen LogP contribution < -0.4 is 5.32 Å². The zero-order valence-corrected chi connectivity index (χ0v) is 15.0. The van der Waals surface area contributed by atoms with E-state index in [1.807, 2.05) is 25.1 Å². The zero-order valence-electron chi connectivity index (χ0n) is 11.8. The van der Waals surface area contributed by atoms with Gasteiger partial charge in [-0.15, -0.1) is 0 Å². The second-order valence-electron chi connectivity index (χ2n) is 4.73. The van der Waals surface area contributed by atoms with E-state index in [1.54, 1.807) is 13.2 Å². The summed E-state index contributed by atoms with van der Waals surface area (Å²) in [6.07, 6.45) is 0. The summed E-state index contributed by atoms with van der Waals surface area (Å²) < 4.78 is 20.2. The zero-order chi connectivity index (χ0) is 15.4. The largest absolute Gasteiger partial charge is 0.380 e. The van der Waals surface area contributed by atoms with Crippen molar-refractivity contribution in [2.45, 2.75) is 19.6 Å². The molecule has 0 aromatic heterocycles. The van der Waals surface area contributed by atoms with Gasteiger partial charge in [0.05, 0.1) is 6.61 Å². The molecule has 2 rings (SSSR count). The molecule has 0 radical (unpaired) electrons. The van der Waals surface area contributed by atoms with Crippen molar-refractivity contribution in [2.75, 3.05) is 12.4 Å². The fourth-order valence-electron chi connectivity index (χ4n) is 2.15. The first-order valence-electron chi connectivity index (χ1n) is 6.50. The van der Waals surface area contributed by atoms with Gasteiger partial charge in [0.15, 0.2) is 0 Å². The van der Waals surface area contributed by atoms with Crippen LogP contribution in [0.4, 0.5) is 10.1 Å². The number of anilines is 1. The lowest BCUT2D eigenvalue weighted by atomic mass is 10.1. The van der Waals surface area contributed by atoms with Gasteiger partial charge in [0.1, 0.15) is 5.82 Å². The molecule has 0 aliphatic heterocycles. The fraction of sp³-hybridized carbons (Fsp3) is 0.250. The molecule has 0 spiro atoms. The molecule has 0 fully saturated rings. The van der Waals surface area contributed by atoms with Crippen LogP contribution in [0.2, 0.25) is 0 Å². The number of methoxy groups -OCH3 is 1. The van der Waals surface area contributed by atoms with Gasteiger partial charge in [-0.05, 0) is 36.8 Å². The van der Waals surface area contributed by atoms with Crippen LogP contribution in [0.15, 0.2) is 45.3 Å².